The molecule has 1 heterocycles. The second-order valence-corrected chi connectivity index (χ2v) is 6.87. The third-order valence-corrected chi connectivity index (χ3v) is 4.86. The Morgan fingerprint density at radius 3 is 2.75 bits per heavy atom. The van der Waals surface area contributed by atoms with E-state index in [9.17, 15) is 8.42 Å². The molecular weight excluding hydrogens is 242 g/mol. The second-order valence-electron chi connectivity index (χ2n) is 3.78. The van der Waals surface area contributed by atoms with Gasteiger partial charge in [-0.05, 0) is 41.8 Å². The molecule has 0 saturated carbocycles. The van der Waals surface area contributed by atoms with E-state index in [1.165, 1.54) is 5.56 Å². The van der Waals surface area contributed by atoms with Gasteiger partial charge in [-0.2, -0.15) is 11.3 Å². The summed E-state index contributed by atoms with van der Waals surface area (Å²) in [5.74, 6) is 0.559. The molecule has 0 amide bonds. The molecule has 0 aliphatic rings. The summed E-state index contributed by atoms with van der Waals surface area (Å²) in [6.07, 6.45) is 1.68. The van der Waals surface area contributed by atoms with E-state index in [0.717, 1.165) is 13.0 Å². The zero-order chi connectivity index (χ0) is 11.9. The highest BCUT2D eigenvalue weighted by Gasteiger charge is 2.07. The Bertz CT molecular complexity index is 371. The fraction of sp³-hybridized carbons (Fsp3) is 0.636. The van der Waals surface area contributed by atoms with Gasteiger partial charge in [0.05, 0.1) is 5.75 Å². The average molecular weight is 261 g/mol. The van der Waals surface area contributed by atoms with Crippen LogP contribution >= 0.6 is 11.3 Å². The molecule has 0 bridgehead atoms. The maximum absolute atomic E-state index is 11.4. The summed E-state index contributed by atoms with van der Waals surface area (Å²) < 4.78 is 22.8. The predicted molar refractivity (Wildman–Crippen MR) is 69.8 cm³/mol. The van der Waals surface area contributed by atoms with Crippen LogP contribution in [0.25, 0.3) is 0 Å². The third kappa shape index (κ3) is 5.63. The number of nitrogens with one attached hydrogen (secondary N) is 1. The summed E-state index contributed by atoms with van der Waals surface area (Å²) in [6.45, 7) is 3.30. The standard InChI is InChI=1S/C11H19NO2S2/c1-2-8-16(13,14)9-6-12-5-3-11-4-7-15-10-11/h4,7,10,12H,2-3,5-6,8-9H2,1H3. The van der Waals surface area contributed by atoms with Crippen LogP contribution in [-0.4, -0.2) is 33.0 Å². The molecule has 1 aromatic heterocycles. The first-order chi connectivity index (χ1) is 7.64. The molecule has 1 aromatic rings. The van der Waals surface area contributed by atoms with Crippen molar-refractivity contribution in [3.63, 3.8) is 0 Å². The molecule has 0 fully saturated rings. The van der Waals surface area contributed by atoms with Crippen LogP contribution in [0.4, 0.5) is 0 Å². The fourth-order valence-corrected chi connectivity index (χ4v) is 3.42. The minimum Gasteiger partial charge on any atom is -0.315 e. The van der Waals surface area contributed by atoms with Crippen LogP contribution in [0.1, 0.15) is 18.9 Å². The van der Waals surface area contributed by atoms with Crippen LogP contribution in [0.2, 0.25) is 0 Å². The van der Waals surface area contributed by atoms with Crippen molar-refractivity contribution < 1.29 is 8.42 Å². The van der Waals surface area contributed by atoms with E-state index in [1.54, 1.807) is 11.3 Å². The molecule has 1 rings (SSSR count). The van der Waals surface area contributed by atoms with Gasteiger partial charge >= 0.3 is 0 Å². The molecule has 3 nitrogen and oxygen atoms in total. The van der Waals surface area contributed by atoms with Gasteiger partial charge < -0.3 is 5.32 Å². The van der Waals surface area contributed by atoms with Gasteiger partial charge in [0.25, 0.3) is 0 Å². The Morgan fingerprint density at radius 1 is 1.31 bits per heavy atom. The molecule has 0 saturated heterocycles. The van der Waals surface area contributed by atoms with Crippen molar-refractivity contribution in [1.29, 1.82) is 0 Å². The highest BCUT2D eigenvalue weighted by Crippen LogP contribution is 2.05. The van der Waals surface area contributed by atoms with Crippen molar-refractivity contribution in [3.05, 3.63) is 22.4 Å². The maximum atomic E-state index is 11.4. The molecule has 0 spiro atoms. The topological polar surface area (TPSA) is 46.2 Å². The summed E-state index contributed by atoms with van der Waals surface area (Å²) >= 11 is 1.69. The van der Waals surface area contributed by atoms with Crippen LogP contribution in [0.15, 0.2) is 16.8 Å². The maximum Gasteiger partial charge on any atom is 0.151 e. The van der Waals surface area contributed by atoms with Crippen molar-refractivity contribution >= 4 is 21.2 Å². The molecule has 5 heteroatoms. The van der Waals surface area contributed by atoms with E-state index < -0.39 is 9.84 Å². The highest BCUT2D eigenvalue weighted by atomic mass is 32.2. The van der Waals surface area contributed by atoms with Crippen LogP contribution in [0.5, 0.6) is 0 Å². The van der Waals surface area contributed by atoms with Gasteiger partial charge in [0.2, 0.25) is 0 Å². The monoisotopic (exact) mass is 261 g/mol. The second kappa shape index (κ2) is 7.04. The van der Waals surface area contributed by atoms with Crippen LogP contribution in [0, 0.1) is 0 Å². The Balaban J connectivity index is 2.08. The van der Waals surface area contributed by atoms with Gasteiger partial charge in [0, 0.05) is 12.3 Å². The number of sulfone groups is 1. The van der Waals surface area contributed by atoms with E-state index in [4.69, 9.17) is 0 Å². The van der Waals surface area contributed by atoms with Crippen LogP contribution < -0.4 is 5.32 Å². The smallest absolute Gasteiger partial charge is 0.151 e. The zero-order valence-electron chi connectivity index (χ0n) is 9.61. The Labute approximate surface area is 102 Å². The number of thiophene rings is 1. The Hall–Kier alpha value is -0.390. The van der Waals surface area contributed by atoms with Crippen molar-refractivity contribution in [2.75, 3.05) is 24.6 Å². The number of hydrogen-bond acceptors (Lipinski definition) is 4. The summed E-state index contributed by atoms with van der Waals surface area (Å²) in [5, 5.41) is 7.34. The fourth-order valence-electron chi connectivity index (χ4n) is 1.43. The molecule has 16 heavy (non-hydrogen) atoms. The first-order valence-corrected chi connectivity index (χ1v) is 8.32. The van der Waals surface area contributed by atoms with Gasteiger partial charge in [0.1, 0.15) is 0 Å². The van der Waals surface area contributed by atoms with Gasteiger partial charge in [-0.3, -0.25) is 0 Å². The van der Waals surface area contributed by atoms with Crippen molar-refractivity contribution in [3.8, 4) is 0 Å². The van der Waals surface area contributed by atoms with Gasteiger partial charge in [0.15, 0.2) is 9.84 Å². The number of rotatable bonds is 8. The molecule has 1 N–H and O–H groups in total. The van der Waals surface area contributed by atoms with Gasteiger partial charge in [-0.15, -0.1) is 0 Å². The summed E-state index contributed by atoms with van der Waals surface area (Å²) in [4.78, 5) is 0. The van der Waals surface area contributed by atoms with Crippen molar-refractivity contribution in [2.45, 2.75) is 19.8 Å². The molecule has 92 valence electrons. The lowest BCUT2D eigenvalue weighted by Crippen LogP contribution is -2.25. The Kier molecular flexibility index (Phi) is 6.01. The van der Waals surface area contributed by atoms with Crippen molar-refractivity contribution in [2.24, 2.45) is 0 Å². The molecule has 0 aromatic carbocycles. The molecule has 0 aliphatic carbocycles. The van der Waals surface area contributed by atoms with Crippen molar-refractivity contribution in [1.82, 2.24) is 5.32 Å². The summed E-state index contributed by atoms with van der Waals surface area (Å²) in [7, 11) is -2.83. The van der Waals surface area contributed by atoms with E-state index >= 15 is 0 Å². The lowest BCUT2D eigenvalue weighted by molar-refractivity contribution is 0.589. The minimum absolute atomic E-state index is 0.254. The molecule has 0 radical (unpaired) electrons. The summed E-state index contributed by atoms with van der Waals surface area (Å²) in [5.41, 5.74) is 1.31. The van der Waals surface area contributed by atoms with Gasteiger partial charge in [-0.25, -0.2) is 8.42 Å². The highest BCUT2D eigenvalue weighted by molar-refractivity contribution is 7.91. The zero-order valence-corrected chi connectivity index (χ0v) is 11.2. The lowest BCUT2D eigenvalue weighted by Gasteiger charge is -2.04. The SMILES string of the molecule is CCCS(=O)(=O)CCNCCc1ccsc1. The first-order valence-electron chi connectivity index (χ1n) is 5.56. The normalized spacial score (nSPS) is 11.8. The van der Waals surface area contributed by atoms with E-state index in [2.05, 4.69) is 22.1 Å². The molecule has 0 atom stereocenters. The van der Waals surface area contributed by atoms with E-state index in [0.29, 0.717) is 18.7 Å². The van der Waals surface area contributed by atoms with Crippen LogP contribution in [-0.2, 0) is 16.3 Å². The van der Waals surface area contributed by atoms with E-state index in [-0.39, 0.29) is 5.75 Å². The third-order valence-electron chi connectivity index (χ3n) is 2.28. The van der Waals surface area contributed by atoms with E-state index in [1.807, 2.05) is 6.92 Å². The molecule has 0 unspecified atom stereocenters. The summed E-state index contributed by atoms with van der Waals surface area (Å²) in [6, 6.07) is 2.10. The largest absolute Gasteiger partial charge is 0.315 e. The first kappa shape index (κ1) is 13.7. The molecule has 0 aliphatic heterocycles. The minimum atomic E-state index is -2.83. The van der Waals surface area contributed by atoms with Crippen LogP contribution in [0.3, 0.4) is 0 Å². The molecular formula is C11H19NO2S2. The predicted octanol–water partition coefficient (Wildman–Crippen LogP) is 1.70. The average Bonchev–Trinajstić information content (AvgIpc) is 2.69. The lowest BCUT2D eigenvalue weighted by atomic mass is 10.2. The number of hydrogen-bond donors (Lipinski definition) is 1. The quantitative estimate of drug-likeness (QED) is 0.725. The Morgan fingerprint density at radius 2 is 2.12 bits per heavy atom. The van der Waals surface area contributed by atoms with Gasteiger partial charge in [-0.1, -0.05) is 6.92 Å².